The highest BCUT2D eigenvalue weighted by molar-refractivity contribution is 5.94. The first-order valence-corrected chi connectivity index (χ1v) is 7.21. The van der Waals surface area contributed by atoms with Gasteiger partial charge >= 0.3 is 5.97 Å². The number of ether oxygens (including phenoxy) is 2. The van der Waals surface area contributed by atoms with Crippen LogP contribution >= 0.6 is 0 Å². The van der Waals surface area contributed by atoms with E-state index < -0.39 is 0 Å². The first kappa shape index (κ1) is 13.7. The summed E-state index contributed by atoms with van der Waals surface area (Å²) in [5.41, 5.74) is 4.45. The number of hydrogen-bond acceptors (Lipinski definition) is 3. The number of nitrogens with zero attached hydrogens (tertiary/aromatic N) is 1. The molecule has 0 spiro atoms. The van der Waals surface area contributed by atoms with Crippen LogP contribution < -0.4 is 4.74 Å². The van der Waals surface area contributed by atoms with E-state index in [-0.39, 0.29) is 5.97 Å². The predicted octanol–water partition coefficient (Wildman–Crippen LogP) is 3.31. The Balaban J connectivity index is 2.16. The molecule has 0 bridgehead atoms. The van der Waals surface area contributed by atoms with Crippen LogP contribution in [0.15, 0.2) is 24.3 Å². The summed E-state index contributed by atoms with van der Waals surface area (Å²) < 4.78 is 12.6. The average molecular weight is 285 g/mol. The summed E-state index contributed by atoms with van der Waals surface area (Å²) >= 11 is 0. The van der Waals surface area contributed by atoms with Gasteiger partial charge in [-0.15, -0.1) is 0 Å². The topological polar surface area (TPSA) is 40.5 Å². The van der Waals surface area contributed by atoms with E-state index in [4.69, 9.17) is 9.47 Å². The Kier molecular flexibility index (Phi) is 3.45. The minimum Gasteiger partial charge on any atom is -0.496 e. The zero-order chi connectivity index (χ0) is 15.0. The normalized spacial score (nSPS) is 15.5. The smallest absolute Gasteiger partial charge is 0.332 e. The van der Waals surface area contributed by atoms with Crippen molar-refractivity contribution < 1.29 is 14.3 Å². The predicted molar refractivity (Wildman–Crippen MR) is 82.5 cm³/mol. The molecule has 0 unspecified atom stereocenters. The SMILES string of the molecule is CCOC(=O)C=C1CCc2cc3ccc(OC)c(C)c3n21. The molecule has 2 aromatic rings. The minimum absolute atomic E-state index is 0.275. The standard InChI is InChI=1S/C17H19NO3/c1-4-21-16(19)10-14-7-6-13-9-12-5-8-15(20-3)11(2)17(12)18(13)14/h5,8-10H,4,6-7H2,1-3H3. The van der Waals surface area contributed by atoms with Gasteiger partial charge in [0.05, 0.1) is 19.2 Å². The molecule has 0 radical (unpaired) electrons. The lowest BCUT2D eigenvalue weighted by Crippen LogP contribution is -2.03. The van der Waals surface area contributed by atoms with Crippen LogP contribution in [0.25, 0.3) is 16.6 Å². The van der Waals surface area contributed by atoms with E-state index in [1.165, 1.54) is 11.1 Å². The third-order valence-electron chi connectivity index (χ3n) is 3.96. The number of carbonyl (C=O) groups is 1. The zero-order valence-corrected chi connectivity index (χ0v) is 12.6. The molecule has 0 saturated carbocycles. The van der Waals surface area contributed by atoms with Crippen molar-refractivity contribution in [2.75, 3.05) is 13.7 Å². The van der Waals surface area contributed by atoms with E-state index in [1.807, 2.05) is 13.0 Å². The number of esters is 1. The van der Waals surface area contributed by atoms with Crippen LogP contribution in [0.1, 0.15) is 24.6 Å². The number of rotatable bonds is 3. The summed E-state index contributed by atoms with van der Waals surface area (Å²) in [6.45, 7) is 4.26. The molecule has 21 heavy (non-hydrogen) atoms. The van der Waals surface area contributed by atoms with Crippen LogP contribution in [0.4, 0.5) is 0 Å². The Hall–Kier alpha value is -2.23. The monoisotopic (exact) mass is 285 g/mol. The van der Waals surface area contributed by atoms with Crippen molar-refractivity contribution in [3.63, 3.8) is 0 Å². The van der Waals surface area contributed by atoms with Gasteiger partial charge in [0.1, 0.15) is 5.75 Å². The maximum absolute atomic E-state index is 11.7. The van der Waals surface area contributed by atoms with Gasteiger partial charge in [-0.3, -0.25) is 0 Å². The molecule has 0 amide bonds. The second-order valence-corrected chi connectivity index (χ2v) is 5.19. The molecule has 4 heteroatoms. The van der Waals surface area contributed by atoms with E-state index >= 15 is 0 Å². The van der Waals surface area contributed by atoms with Gasteiger partial charge < -0.3 is 14.0 Å². The van der Waals surface area contributed by atoms with Crippen LogP contribution in [0.2, 0.25) is 0 Å². The number of aromatic nitrogens is 1. The van der Waals surface area contributed by atoms with Crippen LogP contribution in [0.3, 0.4) is 0 Å². The summed E-state index contributed by atoms with van der Waals surface area (Å²) in [5.74, 6) is 0.591. The van der Waals surface area contributed by atoms with Crippen LogP contribution in [-0.4, -0.2) is 24.3 Å². The van der Waals surface area contributed by atoms with Crippen LogP contribution in [0, 0.1) is 6.92 Å². The van der Waals surface area contributed by atoms with E-state index in [2.05, 4.69) is 23.6 Å². The van der Waals surface area contributed by atoms with Gasteiger partial charge in [0.25, 0.3) is 0 Å². The van der Waals surface area contributed by atoms with E-state index in [0.717, 1.165) is 35.4 Å². The number of hydrogen-bond donors (Lipinski definition) is 0. The van der Waals surface area contributed by atoms with E-state index in [1.54, 1.807) is 13.2 Å². The molecule has 2 heterocycles. The molecular formula is C17H19NO3. The minimum atomic E-state index is -0.275. The third-order valence-corrected chi connectivity index (χ3v) is 3.96. The van der Waals surface area contributed by atoms with Crippen LogP contribution in [-0.2, 0) is 16.0 Å². The number of fused-ring (bicyclic) bond motifs is 3. The van der Waals surface area contributed by atoms with Crippen molar-refractivity contribution in [2.24, 2.45) is 0 Å². The second kappa shape index (κ2) is 5.28. The van der Waals surface area contributed by atoms with Crippen molar-refractivity contribution in [1.29, 1.82) is 0 Å². The highest BCUT2D eigenvalue weighted by atomic mass is 16.5. The highest BCUT2D eigenvalue weighted by Crippen LogP contribution is 2.37. The lowest BCUT2D eigenvalue weighted by atomic mass is 10.1. The third kappa shape index (κ3) is 2.20. The first-order valence-electron chi connectivity index (χ1n) is 7.21. The molecule has 1 aliphatic heterocycles. The van der Waals surface area contributed by atoms with Crippen molar-refractivity contribution in [1.82, 2.24) is 4.57 Å². The molecule has 1 aliphatic rings. The number of allylic oxidation sites excluding steroid dienone is 1. The van der Waals surface area contributed by atoms with Gasteiger partial charge in [-0.25, -0.2) is 4.79 Å². The molecule has 0 atom stereocenters. The Labute approximate surface area is 124 Å². The largest absolute Gasteiger partial charge is 0.496 e. The van der Waals surface area contributed by atoms with Crippen LogP contribution in [0.5, 0.6) is 5.75 Å². The van der Waals surface area contributed by atoms with E-state index in [9.17, 15) is 4.79 Å². The van der Waals surface area contributed by atoms with Gasteiger partial charge in [0, 0.05) is 28.4 Å². The molecule has 0 saturated heterocycles. The molecule has 3 rings (SSSR count). The summed E-state index contributed by atoms with van der Waals surface area (Å²) in [5, 5.41) is 1.18. The molecule has 1 aromatic heterocycles. The molecular weight excluding hydrogens is 266 g/mol. The van der Waals surface area contributed by atoms with Crippen molar-refractivity contribution in [3.05, 3.63) is 35.5 Å². The lowest BCUT2D eigenvalue weighted by molar-refractivity contribution is -0.137. The maximum atomic E-state index is 11.7. The molecule has 0 fully saturated rings. The highest BCUT2D eigenvalue weighted by Gasteiger charge is 2.22. The van der Waals surface area contributed by atoms with E-state index in [0.29, 0.717) is 6.61 Å². The Morgan fingerprint density at radius 2 is 2.19 bits per heavy atom. The van der Waals surface area contributed by atoms with Crippen molar-refractivity contribution in [3.8, 4) is 5.75 Å². The molecule has 4 nitrogen and oxygen atoms in total. The van der Waals surface area contributed by atoms with Crippen molar-refractivity contribution >= 4 is 22.6 Å². The van der Waals surface area contributed by atoms with Gasteiger partial charge in [-0.2, -0.15) is 0 Å². The Bertz CT molecular complexity index is 740. The number of benzene rings is 1. The van der Waals surface area contributed by atoms with Gasteiger partial charge in [0.2, 0.25) is 0 Å². The summed E-state index contributed by atoms with van der Waals surface area (Å²) in [7, 11) is 1.68. The summed E-state index contributed by atoms with van der Waals surface area (Å²) in [6.07, 6.45) is 3.42. The Morgan fingerprint density at radius 3 is 2.90 bits per heavy atom. The summed E-state index contributed by atoms with van der Waals surface area (Å²) in [4.78, 5) is 11.7. The number of methoxy groups -OCH3 is 1. The molecule has 0 N–H and O–H groups in total. The van der Waals surface area contributed by atoms with Gasteiger partial charge in [-0.05, 0) is 44.9 Å². The average Bonchev–Trinajstić information content (AvgIpc) is 3.00. The van der Waals surface area contributed by atoms with Gasteiger partial charge in [-0.1, -0.05) is 0 Å². The maximum Gasteiger partial charge on any atom is 0.332 e. The van der Waals surface area contributed by atoms with Crippen molar-refractivity contribution in [2.45, 2.75) is 26.7 Å². The second-order valence-electron chi connectivity index (χ2n) is 5.19. The molecule has 0 aliphatic carbocycles. The fourth-order valence-electron chi connectivity index (χ4n) is 3.06. The fourth-order valence-corrected chi connectivity index (χ4v) is 3.06. The fraction of sp³-hybridized carbons (Fsp3) is 0.353. The number of carbonyl (C=O) groups excluding carboxylic acids is 1. The first-order chi connectivity index (χ1) is 10.2. The molecule has 1 aromatic carbocycles. The Morgan fingerprint density at radius 1 is 1.38 bits per heavy atom. The lowest BCUT2D eigenvalue weighted by Gasteiger charge is -2.10. The quantitative estimate of drug-likeness (QED) is 0.641. The summed E-state index contributed by atoms with van der Waals surface area (Å²) in [6, 6.07) is 6.24. The van der Waals surface area contributed by atoms with Gasteiger partial charge in [0.15, 0.2) is 0 Å². The number of aryl methyl sites for hydroxylation is 2. The molecule has 110 valence electrons. The zero-order valence-electron chi connectivity index (χ0n) is 12.6.